The lowest BCUT2D eigenvalue weighted by Gasteiger charge is -2.19. The lowest BCUT2D eigenvalue weighted by molar-refractivity contribution is -0.141. The third kappa shape index (κ3) is 1.32. The molecule has 0 aromatic rings. The largest absolute Gasteiger partial charge is 0.480 e. The highest BCUT2D eigenvalue weighted by Gasteiger charge is 2.55. The van der Waals surface area contributed by atoms with Gasteiger partial charge in [0, 0.05) is 6.54 Å². The summed E-state index contributed by atoms with van der Waals surface area (Å²) < 4.78 is 4.56. The average Bonchev–Trinajstić information content (AvgIpc) is 2.76. The van der Waals surface area contributed by atoms with Crippen LogP contribution in [-0.2, 0) is 9.53 Å². The van der Waals surface area contributed by atoms with E-state index in [0.29, 0.717) is 13.0 Å². The molecule has 1 spiro atoms. The first-order valence-corrected chi connectivity index (χ1v) is 4.65. The van der Waals surface area contributed by atoms with Crippen LogP contribution in [0.2, 0.25) is 0 Å². The molecule has 2 aliphatic rings. The Kier molecular flexibility index (Phi) is 1.90. The fraction of sp³-hybridized carbons (Fsp3) is 0.778. The molecule has 1 aliphatic heterocycles. The van der Waals surface area contributed by atoms with Crippen LogP contribution in [0.25, 0.3) is 0 Å². The van der Waals surface area contributed by atoms with Gasteiger partial charge in [-0.2, -0.15) is 0 Å². The third-order valence-corrected chi connectivity index (χ3v) is 3.16. The molecule has 5 heteroatoms. The highest BCUT2D eigenvalue weighted by molar-refractivity contribution is 5.81. The van der Waals surface area contributed by atoms with Gasteiger partial charge in [-0.15, -0.1) is 0 Å². The predicted molar refractivity (Wildman–Crippen MR) is 46.8 cm³/mol. The van der Waals surface area contributed by atoms with Gasteiger partial charge in [0.1, 0.15) is 6.04 Å². The molecule has 78 valence electrons. The molecule has 1 saturated heterocycles. The molecule has 1 saturated carbocycles. The Morgan fingerprint density at radius 3 is 2.57 bits per heavy atom. The van der Waals surface area contributed by atoms with Gasteiger partial charge in [-0.1, -0.05) is 0 Å². The number of amides is 1. The smallest absolute Gasteiger partial charge is 0.410 e. The van der Waals surface area contributed by atoms with Crippen molar-refractivity contribution in [2.75, 3.05) is 13.7 Å². The van der Waals surface area contributed by atoms with E-state index in [1.165, 1.54) is 12.0 Å². The Morgan fingerprint density at radius 2 is 2.14 bits per heavy atom. The number of hydrogen-bond donors (Lipinski definition) is 1. The predicted octanol–water partition coefficient (Wildman–Crippen LogP) is 0.692. The highest BCUT2D eigenvalue weighted by atomic mass is 16.5. The Bertz CT molecular complexity index is 285. The van der Waals surface area contributed by atoms with Crippen molar-refractivity contribution in [2.45, 2.75) is 25.3 Å². The second-order valence-electron chi connectivity index (χ2n) is 4.16. The summed E-state index contributed by atoms with van der Waals surface area (Å²) in [6, 6.07) is -0.690. The van der Waals surface area contributed by atoms with Crippen molar-refractivity contribution in [2.24, 2.45) is 5.41 Å². The minimum Gasteiger partial charge on any atom is -0.480 e. The van der Waals surface area contributed by atoms with Crippen molar-refractivity contribution in [3.8, 4) is 0 Å². The normalized spacial score (nSPS) is 27.8. The number of likely N-dealkylation sites (tertiary alicyclic amines) is 1. The molecule has 0 bridgehead atoms. The Balaban J connectivity index is 2.13. The zero-order chi connectivity index (χ0) is 10.3. The first kappa shape index (κ1) is 9.30. The van der Waals surface area contributed by atoms with Crippen LogP contribution in [0.15, 0.2) is 0 Å². The van der Waals surface area contributed by atoms with Gasteiger partial charge in [-0.05, 0) is 24.7 Å². The average molecular weight is 199 g/mol. The number of carbonyl (C=O) groups excluding carboxylic acids is 1. The van der Waals surface area contributed by atoms with E-state index in [1.54, 1.807) is 0 Å². The maximum atomic E-state index is 11.3. The van der Waals surface area contributed by atoms with Crippen molar-refractivity contribution in [1.82, 2.24) is 4.90 Å². The number of carboxylic acids is 1. The van der Waals surface area contributed by atoms with Crippen LogP contribution in [0.5, 0.6) is 0 Å². The van der Waals surface area contributed by atoms with Crippen LogP contribution in [0.4, 0.5) is 4.79 Å². The fourth-order valence-corrected chi connectivity index (χ4v) is 2.13. The van der Waals surface area contributed by atoms with E-state index in [4.69, 9.17) is 5.11 Å². The molecule has 2 fully saturated rings. The SMILES string of the molecule is COC(=O)N1CC2(CC2)C[C@H]1C(=O)O. The van der Waals surface area contributed by atoms with Gasteiger partial charge in [0.2, 0.25) is 0 Å². The van der Waals surface area contributed by atoms with Gasteiger partial charge in [-0.3, -0.25) is 4.90 Å². The number of methoxy groups -OCH3 is 1. The van der Waals surface area contributed by atoms with E-state index in [9.17, 15) is 9.59 Å². The molecule has 0 aromatic heterocycles. The van der Waals surface area contributed by atoms with Crippen LogP contribution >= 0.6 is 0 Å². The molecule has 0 unspecified atom stereocenters. The van der Waals surface area contributed by atoms with Crippen molar-refractivity contribution in [3.63, 3.8) is 0 Å². The summed E-state index contributed by atoms with van der Waals surface area (Å²) in [6.45, 7) is 0.538. The number of hydrogen-bond acceptors (Lipinski definition) is 3. The standard InChI is InChI=1S/C9H13NO4/c1-14-8(13)10-5-9(2-3-9)4-6(10)7(11)12/h6H,2-5H2,1H3,(H,11,12)/t6-/m0/s1. The maximum absolute atomic E-state index is 11.3. The molecule has 1 heterocycles. The summed E-state index contributed by atoms with van der Waals surface area (Å²) in [5.41, 5.74) is 0.0945. The fourth-order valence-electron chi connectivity index (χ4n) is 2.13. The summed E-state index contributed by atoms with van der Waals surface area (Å²) in [5.74, 6) is -0.931. The second-order valence-corrected chi connectivity index (χ2v) is 4.16. The summed E-state index contributed by atoms with van der Waals surface area (Å²) in [7, 11) is 1.28. The van der Waals surface area contributed by atoms with Crippen molar-refractivity contribution < 1.29 is 19.4 Å². The van der Waals surface area contributed by atoms with Crippen LogP contribution < -0.4 is 0 Å². The molecule has 5 nitrogen and oxygen atoms in total. The van der Waals surface area contributed by atoms with Crippen molar-refractivity contribution in [3.05, 3.63) is 0 Å². The van der Waals surface area contributed by atoms with E-state index in [0.717, 1.165) is 12.8 Å². The number of nitrogens with zero attached hydrogens (tertiary/aromatic N) is 1. The number of aliphatic carboxylic acids is 1. The van der Waals surface area contributed by atoms with Gasteiger partial charge >= 0.3 is 12.1 Å². The Hall–Kier alpha value is -1.26. The lowest BCUT2D eigenvalue weighted by atomic mass is 10.0. The van der Waals surface area contributed by atoms with Crippen LogP contribution in [-0.4, -0.2) is 41.8 Å². The van der Waals surface area contributed by atoms with Crippen molar-refractivity contribution >= 4 is 12.1 Å². The molecule has 1 aliphatic carbocycles. The van der Waals surface area contributed by atoms with Gasteiger partial charge < -0.3 is 9.84 Å². The molecule has 14 heavy (non-hydrogen) atoms. The number of rotatable bonds is 1. The van der Waals surface area contributed by atoms with Crippen LogP contribution in [0.3, 0.4) is 0 Å². The second kappa shape index (κ2) is 2.87. The van der Waals surface area contributed by atoms with E-state index in [1.807, 2.05) is 0 Å². The topological polar surface area (TPSA) is 66.8 Å². The molecular formula is C9H13NO4. The lowest BCUT2D eigenvalue weighted by Crippen LogP contribution is -2.40. The molecule has 1 N–H and O–H groups in total. The molecule has 2 rings (SSSR count). The van der Waals surface area contributed by atoms with Crippen LogP contribution in [0, 0.1) is 5.41 Å². The monoisotopic (exact) mass is 199 g/mol. The molecule has 0 aromatic carbocycles. The number of carboxylic acid groups (broad SMARTS) is 1. The highest BCUT2D eigenvalue weighted by Crippen LogP contribution is 2.54. The maximum Gasteiger partial charge on any atom is 0.410 e. The van der Waals surface area contributed by atoms with Gasteiger partial charge in [0.25, 0.3) is 0 Å². The van der Waals surface area contributed by atoms with Crippen molar-refractivity contribution in [1.29, 1.82) is 0 Å². The molecule has 0 radical (unpaired) electrons. The Labute approximate surface area is 81.6 Å². The first-order valence-electron chi connectivity index (χ1n) is 4.65. The van der Waals surface area contributed by atoms with Gasteiger partial charge in [-0.25, -0.2) is 9.59 Å². The molecule has 1 amide bonds. The van der Waals surface area contributed by atoms with E-state index in [-0.39, 0.29) is 5.41 Å². The zero-order valence-electron chi connectivity index (χ0n) is 8.02. The minimum atomic E-state index is -0.931. The summed E-state index contributed by atoms with van der Waals surface area (Å²) in [4.78, 5) is 23.5. The molecule has 1 atom stereocenters. The minimum absolute atomic E-state index is 0.0945. The summed E-state index contributed by atoms with van der Waals surface area (Å²) in [5, 5.41) is 8.94. The van der Waals surface area contributed by atoms with Gasteiger partial charge in [0.05, 0.1) is 7.11 Å². The van der Waals surface area contributed by atoms with E-state index in [2.05, 4.69) is 4.74 Å². The quantitative estimate of drug-likeness (QED) is 0.674. The van der Waals surface area contributed by atoms with E-state index >= 15 is 0 Å². The van der Waals surface area contributed by atoms with Crippen LogP contribution in [0.1, 0.15) is 19.3 Å². The summed E-state index contributed by atoms with van der Waals surface area (Å²) >= 11 is 0. The van der Waals surface area contributed by atoms with Gasteiger partial charge in [0.15, 0.2) is 0 Å². The summed E-state index contributed by atoms with van der Waals surface area (Å²) in [6.07, 6.45) is 2.12. The number of carbonyl (C=O) groups is 2. The molecular weight excluding hydrogens is 186 g/mol. The third-order valence-electron chi connectivity index (χ3n) is 3.16. The Morgan fingerprint density at radius 1 is 1.50 bits per heavy atom. The zero-order valence-corrected chi connectivity index (χ0v) is 8.02. The number of ether oxygens (including phenoxy) is 1. The van der Waals surface area contributed by atoms with E-state index < -0.39 is 18.1 Å². The first-order chi connectivity index (χ1) is 6.58.